The van der Waals surface area contributed by atoms with Crippen LogP contribution in [0.2, 0.25) is 0 Å². The second-order valence-corrected chi connectivity index (χ2v) is 4.57. The van der Waals surface area contributed by atoms with Gasteiger partial charge in [0.2, 0.25) is 0 Å². The molecule has 0 N–H and O–H groups in total. The minimum atomic E-state index is 0.0245. The molecule has 0 rings (SSSR count). The Bertz CT molecular complexity index is 90.9. The van der Waals surface area contributed by atoms with Crippen LogP contribution in [0.4, 0.5) is 0 Å². The van der Waals surface area contributed by atoms with Gasteiger partial charge in [0, 0.05) is 6.54 Å². The van der Waals surface area contributed by atoms with Crippen molar-refractivity contribution in [2.75, 3.05) is 26.5 Å². The molecule has 0 aromatic heterocycles. The van der Waals surface area contributed by atoms with Gasteiger partial charge in [-0.1, -0.05) is 6.92 Å². The van der Waals surface area contributed by atoms with Gasteiger partial charge in [0.05, 0.1) is 20.5 Å². The lowest BCUT2D eigenvalue weighted by molar-refractivity contribution is 0.391. The summed E-state index contributed by atoms with van der Waals surface area (Å²) in [5.41, 5.74) is 0. The van der Waals surface area contributed by atoms with Crippen LogP contribution < -0.4 is 0 Å². The summed E-state index contributed by atoms with van der Waals surface area (Å²) in [7, 11) is 2.18. The SMILES string of the molecule is C=[P+](C)CN(C)CCC. The Morgan fingerprint density at radius 2 is 2.11 bits per heavy atom. The molecule has 1 nitrogen and oxygen atoms in total. The standard InChI is InChI=1S/C7H17NP/c1-5-6-8(2)7-9(3)4/h3,5-7H2,1-2,4H3/q+1. The van der Waals surface area contributed by atoms with Crippen LogP contribution in [-0.4, -0.2) is 37.7 Å². The van der Waals surface area contributed by atoms with Gasteiger partial charge in [-0.15, -0.1) is 0 Å². The Kier molecular flexibility index (Phi) is 5.03. The Hall–Kier alpha value is 0.130. The van der Waals surface area contributed by atoms with Crippen LogP contribution in [-0.2, 0) is 0 Å². The molecule has 1 unspecified atom stereocenters. The van der Waals surface area contributed by atoms with E-state index in [1.54, 1.807) is 0 Å². The number of hydrogen-bond donors (Lipinski definition) is 0. The van der Waals surface area contributed by atoms with Gasteiger partial charge in [-0.2, -0.15) is 0 Å². The van der Waals surface area contributed by atoms with Crippen molar-refractivity contribution in [1.82, 2.24) is 4.90 Å². The van der Waals surface area contributed by atoms with Crippen molar-refractivity contribution in [2.24, 2.45) is 0 Å². The number of rotatable bonds is 4. The van der Waals surface area contributed by atoms with Crippen molar-refractivity contribution >= 4 is 13.8 Å². The van der Waals surface area contributed by atoms with Gasteiger partial charge < -0.3 is 0 Å². The normalized spacial score (nSPS) is 12.2. The van der Waals surface area contributed by atoms with Crippen molar-refractivity contribution in [2.45, 2.75) is 13.3 Å². The molecule has 0 amide bonds. The fourth-order valence-corrected chi connectivity index (χ4v) is 1.83. The maximum atomic E-state index is 3.98. The van der Waals surface area contributed by atoms with Crippen molar-refractivity contribution < 1.29 is 0 Å². The van der Waals surface area contributed by atoms with Crippen molar-refractivity contribution in [3.63, 3.8) is 0 Å². The molecule has 0 saturated carbocycles. The largest absolute Gasteiger partial charge is 0.269 e. The van der Waals surface area contributed by atoms with Crippen molar-refractivity contribution in [3.05, 3.63) is 0 Å². The lowest BCUT2D eigenvalue weighted by Crippen LogP contribution is -2.17. The van der Waals surface area contributed by atoms with Gasteiger partial charge in [-0.3, -0.25) is 4.90 Å². The molecular weight excluding hydrogens is 129 g/mol. The van der Waals surface area contributed by atoms with Crippen LogP contribution >= 0.6 is 7.55 Å². The molecule has 9 heavy (non-hydrogen) atoms. The second kappa shape index (κ2) is 4.96. The smallest absolute Gasteiger partial charge is 0.158 e. The molecule has 0 heterocycles. The first-order valence-corrected chi connectivity index (χ1v) is 5.53. The van der Waals surface area contributed by atoms with E-state index in [0.717, 1.165) is 0 Å². The van der Waals surface area contributed by atoms with Crippen LogP contribution in [0.1, 0.15) is 13.3 Å². The van der Waals surface area contributed by atoms with E-state index < -0.39 is 0 Å². The molecule has 2 heteroatoms. The zero-order valence-corrected chi connectivity index (χ0v) is 7.62. The van der Waals surface area contributed by atoms with Crippen LogP contribution in [0.25, 0.3) is 0 Å². The molecule has 0 aliphatic heterocycles. The summed E-state index contributed by atoms with van der Waals surface area (Å²) in [6.45, 7) is 5.63. The summed E-state index contributed by atoms with van der Waals surface area (Å²) < 4.78 is 0. The highest BCUT2D eigenvalue weighted by atomic mass is 31.1. The molecule has 0 saturated heterocycles. The van der Waals surface area contributed by atoms with Gasteiger partial charge in [-0.25, -0.2) is 0 Å². The zero-order chi connectivity index (χ0) is 7.28. The molecule has 54 valence electrons. The molecule has 0 fully saturated rings. The van der Waals surface area contributed by atoms with E-state index >= 15 is 0 Å². The second-order valence-electron chi connectivity index (χ2n) is 2.58. The maximum Gasteiger partial charge on any atom is 0.158 e. The highest BCUT2D eigenvalue weighted by Crippen LogP contribution is 2.12. The molecule has 0 aromatic rings. The maximum absolute atomic E-state index is 3.98. The van der Waals surface area contributed by atoms with Crippen molar-refractivity contribution in [3.8, 4) is 0 Å². The quantitative estimate of drug-likeness (QED) is 0.547. The van der Waals surface area contributed by atoms with Crippen LogP contribution in [0.15, 0.2) is 0 Å². The van der Waals surface area contributed by atoms with E-state index in [-0.39, 0.29) is 7.55 Å². The number of nitrogens with zero attached hydrogens (tertiary/aromatic N) is 1. The third kappa shape index (κ3) is 6.01. The third-order valence-corrected chi connectivity index (χ3v) is 2.05. The molecule has 0 aliphatic rings. The molecular formula is C7H17NP+. The van der Waals surface area contributed by atoms with Crippen LogP contribution in [0.3, 0.4) is 0 Å². The highest BCUT2D eigenvalue weighted by molar-refractivity contribution is 7.54. The minimum Gasteiger partial charge on any atom is -0.269 e. The van der Waals surface area contributed by atoms with Gasteiger partial charge in [0.25, 0.3) is 0 Å². The average molecular weight is 146 g/mol. The fourth-order valence-electron chi connectivity index (χ4n) is 0.865. The molecule has 0 spiro atoms. The van der Waals surface area contributed by atoms with Gasteiger partial charge in [0.1, 0.15) is 0 Å². The lowest BCUT2D eigenvalue weighted by Gasteiger charge is -2.08. The van der Waals surface area contributed by atoms with Gasteiger partial charge in [-0.05, 0) is 13.5 Å². The molecule has 1 atom stereocenters. The molecule has 0 aromatic carbocycles. The molecule has 0 bridgehead atoms. The number of hydrogen-bond acceptors (Lipinski definition) is 1. The highest BCUT2D eigenvalue weighted by Gasteiger charge is 2.01. The first kappa shape index (κ1) is 9.13. The van der Waals surface area contributed by atoms with E-state index in [9.17, 15) is 0 Å². The van der Waals surface area contributed by atoms with E-state index in [0.29, 0.717) is 0 Å². The fraction of sp³-hybridized carbons (Fsp3) is 0.857. The summed E-state index contributed by atoms with van der Waals surface area (Å²) in [6.07, 6.45) is 6.42. The van der Waals surface area contributed by atoms with E-state index in [1.165, 1.54) is 19.3 Å². The lowest BCUT2D eigenvalue weighted by atomic mass is 10.5. The summed E-state index contributed by atoms with van der Waals surface area (Å²) in [4.78, 5) is 2.35. The van der Waals surface area contributed by atoms with Crippen LogP contribution in [0, 0.1) is 0 Å². The molecule has 0 radical (unpaired) electrons. The first-order chi connectivity index (χ1) is 4.16. The Morgan fingerprint density at radius 1 is 1.56 bits per heavy atom. The first-order valence-electron chi connectivity index (χ1n) is 3.37. The van der Waals surface area contributed by atoms with E-state index in [2.05, 4.69) is 31.8 Å². The topological polar surface area (TPSA) is 3.24 Å². The Morgan fingerprint density at radius 3 is 2.44 bits per heavy atom. The Balaban J connectivity index is 3.26. The summed E-state index contributed by atoms with van der Waals surface area (Å²) >= 11 is 0. The van der Waals surface area contributed by atoms with E-state index in [1.807, 2.05) is 0 Å². The monoisotopic (exact) mass is 146 g/mol. The summed E-state index contributed by atoms with van der Waals surface area (Å²) in [6, 6.07) is 0. The summed E-state index contributed by atoms with van der Waals surface area (Å²) in [5, 5.41) is 0. The van der Waals surface area contributed by atoms with Crippen LogP contribution in [0.5, 0.6) is 0 Å². The predicted octanol–water partition coefficient (Wildman–Crippen LogP) is 1.83. The van der Waals surface area contributed by atoms with Crippen molar-refractivity contribution in [1.29, 1.82) is 0 Å². The average Bonchev–Trinajstić information content (AvgIpc) is 1.63. The predicted molar refractivity (Wildman–Crippen MR) is 47.8 cm³/mol. The van der Waals surface area contributed by atoms with E-state index in [4.69, 9.17) is 0 Å². The Labute approximate surface area is 59.4 Å². The van der Waals surface area contributed by atoms with Gasteiger partial charge >= 0.3 is 0 Å². The summed E-state index contributed by atoms with van der Waals surface area (Å²) in [5.74, 6) is 0. The van der Waals surface area contributed by atoms with Gasteiger partial charge in [0.15, 0.2) is 6.29 Å². The third-order valence-electron chi connectivity index (χ3n) is 1.09. The zero-order valence-electron chi connectivity index (χ0n) is 6.72. The molecule has 0 aliphatic carbocycles. The minimum absolute atomic E-state index is 0.0245.